The van der Waals surface area contributed by atoms with Crippen LogP contribution in [0.1, 0.15) is 26.5 Å². The van der Waals surface area contributed by atoms with E-state index in [2.05, 4.69) is 20.8 Å². The Kier molecular flexibility index (Phi) is 5.13. The first-order chi connectivity index (χ1) is 11.9. The summed E-state index contributed by atoms with van der Waals surface area (Å²) < 4.78 is 5.45. The van der Waals surface area contributed by atoms with E-state index in [1.807, 2.05) is 45.0 Å². The second-order valence-electron chi connectivity index (χ2n) is 7.07. The number of hydrogen-bond donors (Lipinski definition) is 0. The molecule has 134 valence electrons. The summed E-state index contributed by atoms with van der Waals surface area (Å²) in [6.45, 7) is 8.31. The number of nitrogens with zero attached hydrogens (tertiary/aromatic N) is 4. The number of hydrogen-bond acceptors (Lipinski definition) is 5. The Bertz CT molecular complexity index is 767. The number of para-hydroxylation sites is 2. The van der Waals surface area contributed by atoms with E-state index < -0.39 is 5.60 Å². The van der Waals surface area contributed by atoms with Gasteiger partial charge >= 0.3 is 6.09 Å². The predicted octanol–water partition coefficient (Wildman–Crippen LogP) is 3.58. The van der Waals surface area contributed by atoms with E-state index in [1.54, 1.807) is 4.90 Å². The summed E-state index contributed by atoms with van der Waals surface area (Å²) in [5.41, 5.74) is 2.23. The number of anilines is 1. The highest BCUT2D eigenvalue weighted by Gasteiger charge is 2.27. The van der Waals surface area contributed by atoms with Gasteiger partial charge in [-0.1, -0.05) is 28.1 Å². The predicted molar refractivity (Wildman–Crippen MR) is 102 cm³/mol. The fourth-order valence-electron chi connectivity index (χ4n) is 2.80. The van der Waals surface area contributed by atoms with Crippen LogP contribution < -0.4 is 4.90 Å². The number of ether oxygens (including phenoxy) is 1. The van der Waals surface area contributed by atoms with Gasteiger partial charge in [-0.2, -0.15) is 0 Å². The molecule has 0 radical (unpaired) electrons. The topological polar surface area (TPSA) is 58.6 Å². The number of halogens is 1. The number of amides is 1. The zero-order valence-electron chi connectivity index (χ0n) is 14.8. The van der Waals surface area contributed by atoms with Crippen molar-refractivity contribution >= 4 is 38.9 Å². The molecule has 3 rings (SSSR count). The zero-order valence-corrected chi connectivity index (χ0v) is 16.4. The molecule has 1 aliphatic rings. The lowest BCUT2D eigenvalue weighted by Crippen LogP contribution is -2.50. The van der Waals surface area contributed by atoms with E-state index in [-0.39, 0.29) is 6.09 Å². The van der Waals surface area contributed by atoms with Crippen LogP contribution in [0, 0.1) is 0 Å². The lowest BCUT2D eigenvalue weighted by atomic mass is 10.2. The van der Waals surface area contributed by atoms with Gasteiger partial charge in [-0.25, -0.2) is 14.8 Å². The van der Waals surface area contributed by atoms with Crippen LogP contribution in [0.4, 0.5) is 10.6 Å². The summed E-state index contributed by atoms with van der Waals surface area (Å²) in [6, 6.07) is 7.88. The van der Waals surface area contributed by atoms with Crippen LogP contribution in [0.3, 0.4) is 0 Å². The highest BCUT2D eigenvalue weighted by molar-refractivity contribution is 9.08. The number of rotatable bonds is 2. The molecule has 1 aromatic heterocycles. The molecule has 1 aliphatic heterocycles. The minimum absolute atomic E-state index is 0.252. The zero-order chi connectivity index (χ0) is 18.0. The molecule has 2 heterocycles. The van der Waals surface area contributed by atoms with Crippen LogP contribution in [0.15, 0.2) is 24.3 Å². The SMILES string of the molecule is CC(C)(C)OC(=O)N1CCN(c2nc3ccccc3nc2CBr)CC1. The van der Waals surface area contributed by atoms with Crippen LogP contribution in [-0.4, -0.2) is 52.7 Å². The van der Waals surface area contributed by atoms with Gasteiger partial charge in [0.25, 0.3) is 0 Å². The van der Waals surface area contributed by atoms with Gasteiger partial charge in [0, 0.05) is 31.5 Å². The molecule has 1 aromatic carbocycles. The third-order valence-electron chi connectivity index (χ3n) is 3.98. The van der Waals surface area contributed by atoms with Crippen LogP contribution in [-0.2, 0) is 10.1 Å². The van der Waals surface area contributed by atoms with Crippen molar-refractivity contribution in [1.82, 2.24) is 14.9 Å². The molecule has 0 saturated carbocycles. The number of carbonyl (C=O) groups is 1. The van der Waals surface area contributed by atoms with Crippen molar-refractivity contribution in [2.75, 3.05) is 31.1 Å². The Balaban J connectivity index is 1.74. The molecule has 1 fully saturated rings. The van der Waals surface area contributed by atoms with Crippen molar-refractivity contribution < 1.29 is 9.53 Å². The van der Waals surface area contributed by atoms with Crippen molar-refractivity contribution in [1.29, 1.82) is 0 Å². The Morgan fingerprint density at radius 1 is 1.12 bits per heavy atom. The molecule has 0 N–H and O–H groups in total. The maximum absolute atomic E-state index is 12.2. The second kappa shape index (κ2) is 7.15. The second-order valence-corrected chi connectivity index (χ2v) is 7.63. The third-order valence-corrected chi connectivity index (χ3v) is 4.51. The molecule has 1 amide bonds. The van der Waals surface area contributed by atoms with Gasteiger partial charge in [0.05, 0.1) is 16.7 Å². The average molecular weight is 407 g/mol. The molecule has 0 bridgehead atoms. The molecule has 25 heavy (non-hydrogen) atoms. The maximum Gasteiger partial charge on any atom is 0.410 e. The van der Waals surface area contributed by atoms with E-state index in [4.69, 9.17) is 14.7 Å². The van der Waals surface area contributed by atoms with Gasteiger partial charge in [0.1, 0.15) is 5.60 Å². The van der Waals surface area contributed by atoms with Crippen molar-refractivity contribution in [3.05, 3.63) is 30.0 Å². The van der Waals surface area contributed by atoms with E-state index in [0.717, 1.165) is 22.5 Å². The van der Waals surface area contributed by atoms with Crippen LogP contribution in [0.2, 0.25) is 0 Å². The van der Waals surface area contributed by atoms with Crippen molar-refractivity contribution in [2.45, 2.75) is 31.7 Å². The van der Waals surface area contributed by atoms with Crippen molar-refractivity contribution in [3.8, 4) is 0 Å². The van der Waals surface area contributed by atoms with Crippen molar-refractivity contribution in [2.24, 2.45) is 0 Å². The van der Waals surface area contributed by atoms with E-state index >= 15 is 0 Å². The molecule has 0 unspecified atom stereocenters. The fraction of sp³-hybridized carbons (Fsp3) is 0.500. The van der Waals surface area contributed by atoms with E-state index in [0.29, 0.717) is 31.5 Å². The lowest BCUT2D eigenvalue weighted by molar-refractivity contribution is 0.0240. The van der Waals surface area contributed by atoms with Crippen molar-refractivity contribution in [3.63, 3.8) is 0 Å². The summed E-state index contributed by atoms with van der Waals surface area (Å²) in [5, 5.41) is 0.645. The van der Waals surface area contributed by atoms with Crippen LogP contribution >= 0.6 is 15.9 Å². The monoisotopic (exact) mass is 406 g/mol. The molecular formula is C18H23BrN4O2. The molecule has 7 heteroatoms. The highest BCUT2D eigenvalue weighted by Crippen LogP contribution is 2.24. The lowest BCUT2D eigenvalue weighted by Gasteiger charge is -2.36. The number of aromatic nitrogens is 2. The minimum atomic E-state index is -0.471. The fourth-order valence-corrected chi connectivity index (χ4v) is 3.17. The molecule has 0 atom stereocenters. The van der Waals surface area contributed by atoms with Gasteiger partial charge in [0.15, 0.2) is 5.82 Å². The number of benzene rings is 1. The molecular weight excluding hydrogens is 384 g/mol. The Morgan fingerprint density at radius 2 is 1.72 bits per heavy atom. The quantitative estimate of drug-likeness (QED) is 0.713. The standard InChI is InChI=1S/C18H23BrN4O2/c1-18(2,3)25-17(24)23-10-8-22(9-11-23)16-15(12-19)20-13-6-4-5-7-14(13)21-16/h4-7H,8-12H2,1-3H3. The first kappa shape index (κ1) is 17.9. The summed E-state index contributed by atoms with van der Waals surface area (Å²) in [5.74, 6) is 0.888. The molecule has 0 spiro atoms. The Labute approximate surface area is 156 Å². The Hall–Kier alpha value is -1.89. The van der Waals surface area contributed by atoms with Gasteiger partial charge in [-0.3, -0.25) is 0 Å². The van der Waals surface area contributed by atoms with Crippen LogP contribution in [0.25, 0.3) is 11.0 Å². The van der Waals surface area contributed by atoms with E-state index in [1.165, 1.54) is 0 Å². The van der Waals surface area contributed by atoms with Gasteiger partial charge in [0.2, 0.25) is 0 Å². The smallest absolute Gasteiger partial charge is 0.410 e. The highest BCUT2D eigenvalue weighted by atomic mass is 79.9. The van der Waals surface area contributed by atoms with E-state index in [9.17, 15) is 4.79 Å². The van der Waals surface area contributed by atoms with Gasteiger partial charge in [-0.15, -0.1) is 0 Å². The summed E-state index contributed by atoms with van der Waals surface area (Å²) >= 11 is 3.52. The maximum atomic E-state index is 12.2. The van der Waals surface area contributed by atoms with Crippen LogP contribution in [0.5, 0.6) is 0 Å². The van der Waals surface area contributed by atoms with Gasteiger partial charge in [-0.05, 0) is 32.9 Å². The number of fused-ring (bicyclic) bond motifs is 1. The third kappa shape index (κ3) is 4.21. The molecule has 0 aliphatic carbocycles. The first-order valence-corrected chi connectivity index (χ1v) is 9.54. The summed E-state index contributed by atoms with van der Waals surface area (Å²) in [4.78, 5) is 25.7. The summed E-state index contributed by atoms with van der Waals surface area (Å²) in [6.07, 6.45) is -0.252. The first-order valence-electron chi connectivity index (χ1n) is 8.42. The normalized spacial score (nSPS) is 15.5. The molecule has 6 nitrogen and oxygen atoms in total. The minimum Gasteiger partial charge on any atom is -0.444 e. The number of alkyl halides is 1. The van der Waals surface area contributed by atoms with Gasteiger partial charge < -0.3 is 14.5 Å². The largest absolute Gasteiger partial charge is 0.444 e. The summed E-state index contributed by atoms with van der Waals surface area (Å²) in [7, 11) is 0. The molecule has 2 aromatic rings. The average Bonchev–Trinajstić information content (AvgIpc) is 2.59. The molecule has 1 saturated heterocycles. The Morgan fingerprint density at radius 3 is 2.28 bits per heavy atom. The number of piperazine rings is 1. The number of carbonyl (C=O) groups excluding carboxylic acids is 1.